The van der Waals surface area contributed by atoms with Crippen LogP contribution < -0.4 is 5.73 Å². The molecule has 2 aromatic rings. The first kappa shape index (κ1) is 12.9. The van der Waals surface area contributed by atoms with Crippen molar-refractivity contribution in [2.45, 2.75) is 39.9 Å². The molecule has 0 aromatic carbocycles. The highest BCUT2D eigenvalue weighted by Gasteiger charge is 2.11. The molecule has 2 rings (SSSR count). The summed E-state index contributed by atoms with van der Waals surface area (Å²) in [4.78, 5) is 0. The van der Waals surface area contributed by atoms with E-state index in [4.69, 9.17) is 5.73 Å². The summed E-state index contributed by atoms with van der Waals surface area (Å²) in [6, 6.07) is 2.22. The number of aromatic nitrogens is 3. The SMILES string of the molecule is CCn1cc(Cn2ccc(C(N)C(C)C)c2)cn1. The molecule has 0 aliphatic carbocycles. The quantitative estimate of drug-likeness (QED) is 0.880. The van der Waals surface area contributed by atoms with Crippen LogP contribution in [0.15, 0.2) is 30.9 Å². The van der Waals surface area contributed by atoms with Crippen LogP contribution in [-0.4, -0.2) is 14.3 Å². The maximum absolute atomic E-state index is 6.14. The van der Waals surface area contributed by atoms with Gasteiger partial charge in [-0.2, -0.15) is 5.10 Å². The molecule has 1 atom stereocenters. The second-order valence-corrected chi connectivity index (χ2v) is 5.09. The minimum atomic E-state index is 0.115. The molecule has 0 saturated carbocycles. The molecule has 1 unspecified atom stereocenters. The van der Waals surface area contributed by atoms with Gasteiger partial charge < -0.3 is 10.3 Å². The Bertz CT molecular complexity index is 495. The highest BCUT2D eigenvalue weighted by Crippen LogP contribution is 2.19. The molecule has 0 aliphatic rings. The lowest BCUT2D eigenvalue weighted by atomic mass is 10.00. The molecular weight excluding hydrogens is 224 g/mol. The van der Waals surface area contributed by atoms with Crippen molar-refractivity contribution in [3.05, 3.63) is 42.0 Å². The van der Waals surface area contributed by atoms with E-state index in [2.05, 4.69) is 55.1 Å². The second kappa shape index (κ2) is 5.40. The molecule has 2 heterocycles. The first-order valence-corrected chi connectivity index (χ1v) is 6.52. The third-order valence-electron chi connectivity index (χ3n) is 3.25. The molecule has 0 bridgehead atoms. The van der Waals surface area contributed by atoms with E-state index in [1.165, 1.54) is 11.1 Å². The Morgan fingerprint density at radius 3 is 2.72 bits per heavy atom. The van der Waals surface area contributed by atoms with Crippen LogP contribution in [0, 0.1) is 5.92 Å². The summed E-state index contributed by atoms with van der Waals surface area (Å²) in [6.45, 7) is 8.15. The van der Waals surface area contributed by atoms with Gasteiger partial charge in [-0.25, -0.2) is 0 Å². The normalized spacial score (nSPS) is 13.2. The minimum absolute atomic E-state index is 0.115. The Morgan fingerprint density at radius 1 is 1.33 bits per heavy atom. The molecule has 0 spiro atoms. The predicted molar refractivity (Wildman–Crippen MR) is 73.2 cm³/mol. The zero-order valence-electron chi connectivity index (χ0n) is 11.4. The van der Waals surface area contributed by atoms with E-state index in [1.807, 2.05) is 10.9 Å². The first-order valence-electron chi connectivity index (χ1n) is 6.52. The summed E-state index contributed by atoms with van der Waals surface area (Å²) in [5.41, 5.74) is 8.56. The van der Waals surface area contributed by atoms with E-state index >= 15 is 0 Å². The van der Waals surface area contributed by atoms with Crippen molar-refractivity contribution in [1.82, 2.24) is 14.3 Å². The predicted octanol–water partition coefficient (Wildman–Crippen LogP) is 2.41. The van der Waals surface area contributed by atoms with E-state index in [1.54, 1.807) is 0 Å². The lowest BCUT2D eigenvalue weighted by Crippen LogP contribution is -2.15. The monoisotopic (exact) mass is 246 g/mol. The smallest absolute Gasteiger partial charge is 0.0539 e. The van der Waals surface area contributed by atoms with Crippen LogP contribution in [0.3, 0.4) is 0 Å². The highest BCUT2D eigenvalue weighted by molar-refractivity contribution is 5.17. The molecule has 4 nitrogen and oxygen atoms in total. The number of nitrogens with zero attached hydrogens (tertiary/aromatic N) is 3. The molecule has 0 saturated heterocycles. The Hall–Kier alpha value is -1.55. The highest BCUT2D eigenvalue weighted by atomic mass is 15.3. The van der Waals surface area contributed by atoms with Gasteiger partial charge in [-0.3, -0.25) is 4.68 Å². The summed E-state index contributed by atoms with van der Waals surface area (Å²) >= 11 is 0. The minimum Gasteiger partial charge on any atom is -0.349 e. The number of aryl methyl sites for hydroxylation is 1. The number of nitrogens with two attached hydrogens (primary N) is 1. The zero-order chi connectivity index (χ0) is 13.1. The third-order valence-corrected chi connectivity index (χ3v) is 3.25. The molecule has 4 heteroatoms. The fraction of sp³-hybridized carbons (Fsp3) is 0.500. The van der Waals surface area contributed by atoms with Gasteiger partial charge in [0.1, 0.15) is 0 Å². The van der Waals surface area contributed by atoms with Gasteiger partial charge in [0, 0.05) is 36.7 Å². The summed E-state index contributed by atoms with van der Waals surface area (Å²) in [6.07, 6.45) is 8.22. The maximum atomic E-state index is 6.14. The molecule has 0 radical (unpaired) electrons. The van der Waals surface area contributed by atoms with Crippen LogP contribution in [0.5, 0.6) is 0 Å². The topological polar surface area (TPSA) is 48.8 Å². The van der Waals surface area contributed by atoms with Crippen LogP contribution in [-0.2, 0) is 13.1 Å². The molecular formula is C14H22N4. The fourth-order valence-electron chi connectivity index (χ4n) is 2.01. The molecule has 0 amide bonds. The Balaban J connectivity index is 2.06. The van der Waals surface area contributed by atoms with Crippen molar-refractivity contribution in [3.63, 3.8) is 0 Å². The maximum Gasteiger partial charge on any atom is 0.0539 e. The van der Waals surface area contributed by atoms with Crippen molar-refractivity contribution < 1.29 is 0 Å². The molecule has 18 heavy (non-hydrogen) atoms. The molecule has 0 aliphatic heterocycles. The molecule has 2 aromatic heterocycles. The Morgan fingerprint density at radius 2 is 2.11 bits per heavy atom. The van der Waals surface area contributed by atoms with Gasteiger partial charge in [-0.05, 0) is 24.5 Å². The van der Waals surface area contributed by atoms with Crippen molar-refractivity contribution in [2.75, 3.05) is 0 Å². The molecule has 98 valence electrons. The zero-order valence-corrected chi connectivity index (χ0v) is 11.4. The summed E-state index contributed by atoms with van der Waals surface area (Å²) in [5, 5.41) is 4.28. The molecule has 0 fully saturated rings. The fourth-order valence-corrected chi connectivity index (χ4v) is 2.01. The van der Waals surface area contributed by atoms with Crippen LogP contribution in [0.4, 0.5) is 0 Å². The Kier molecular flexibility index (Phi) is 3.87. The van der Waals surface area contributed by atoms with Gasteiger partial charge in [-0.15, -0.1) is 0 Å². The molecule has 2 N–H and O–H groups in total. The average Bonchev–Trinajstić information content (AvgIpc) is 2.97. The van der Waals surface area contributed by atoms with Gasteiger partial charge >= 0.3 is 0 Å². The standard InChI is InChI=1S/C14H22N4/c1-4-18-9-12(7-16-18)8-17-6-5-13(10-17)14(15)11(2)3/h5-7,9-11,14H,4,8,15H2,1-3H3. The van der Waals surface area contributed by atoms with Crippen molar-refractivity contribution in [3.8, 4) is 0 Å². The van der Waals surface area contributed by atoms with Gasteiger partial charge in [0.2, 0.25) is 0 Å². The van der Waals surface area contributed by atoms with Crippen molar-refractivity contribution in [1.29, 1.82) is 0 Å². The lowest BCUT2D eigenvalue weighted by molar-refractivity contribution is 0.513. The number of rotatable bonds is 5. The van der Waals surface area contributed by atoms with Crippen LogP contribution >= 0.6 is 0 Å². The second-order valence-electron chi connectivity index (χ2n) is 5.09. The number of hydrogen-bond acceptors (Lipinski definition) is 2. The van der Waals surface area contributed by atoms with E-state index in [0.29, 0.717) is 5.92 Å². The van der Waals surface area contributed by atoms with Crippen LogP contribution in [0.2, 0.25) is 0 Å². The van der Waals surface area contributed by atoms with Gasteiger partial charge in [0.05, 0.1) is 12.7 Å². The lowest BCUT2D eigenvalue weighted by Gasteiger charge is -2.13. The largest absolute Gasteiger partial charge is 0.349 e. The average molecular weight is 246 g/mol. The number of hydrogen-bond donors (Lipinski definition) is 1. The van der Waals surface area contributed by atoms with Gasteiger partial charge in [0.25, 0.3) is 0 Å². The van der Waals surface area contributed by atoms with Crippen molar-refractivity contribution in [2.24, 2.45) is 11.7 Å². The summed E-state index contributed by atoms with van der Waals surface area (Å²) < 4.78 is 4.11. The first-order chi connectivity index (χ1) is 8.60. The van der Waals surface area contributed by atoms with Crippen LogP contribution in [0.25, 0.3) is 0 Å². The van der Waals surface area contributed by atoms with Crippen LogP contribution in [0.1, 0.15) is 37.9 Å². The van der Waals surface area contributed by atoms with Gasteiger partial charge in [-0.1, -0.05) is 13.8 Å². The van der Waals surface area contributed by atoms with E-state index in [9.17, 15) is 0 Å². The Labute approximate surface area is 108 Å². The third kappa shape index (κ3) is 2.82. The van der Waals surface area contributed by atoms with Crippen molar-refractivity contribution >= 4 is 0 Å². The summed E-state index contributed by atoms with van der Waals surface area (Å²) in [5.74, 6) is 0.462. The summed E-state index contributed by atoms with van der Waals surface area (Å²) in [7, 11) is 0. The van der Waals surface area contributed by atoms with E-state index in [0.717, 1.165) is 13.1 Å². The van der Waals surface area contributed by atoms with Gasteiger partial charge in [0.15, 0.2) is 0 Å². The van der Waals surface area contributed by atoms with E-state index in [-0.39, 0.29) is 6.04 Å². The van der Waals surface area contributed by atoms with E-state index < -0.39 is 0 Å².